The number of rotatable bonds is 3. The van der Waals surface area contributed by atoms with E-state index in [1.165, 1.54) is 6.20 Å². The molecular weight excluding hydrogens is 227 g/mol. The average Bonchev–Trinajstić information content (AvgIpc) is 2.48. The Hall–Kier alpha value is -0.660. The number of hydrogen-bond acceptors (Lipinski definition) is 4. The van der Waals surface area contributed by atoms with Gasteiger partial charge in [0.15, 0.2) is 5.01 Å². The number of nitrogens with two attached hydrogens (primary N) is 1. The second kappa shape index (κ2) is 4.46. The predicted molar refractivity (Wildman–Crippen MR) is 52.6 cm³/mol. The van der Waals surface area contributed by atoms with Crippen LogP contribution in [0.2, 0.25) is 0 Å². The van der Waals surface area contributed by atoms with Crippen molar-refractivity contribution in [3.63, 3.8) is 0 Å². The van der Waals surface area contributed by atoms with E-state index in [4.69, 9.17) is 5.73 Å². The maximum atomic E-state index is 12.2. The zero-order valence-electron chi connectivity index (χ0n) is 8.38. The molecule has 3 nitrogen and oxygen atoms in total. The molecule has 86 valence electrons. The molecule has 1 unspecified atom stereocenters. The van der Waals surface area contributed by atoms with E-state index in [1.807, 2.05) is 19.0 Å². The van der Waals surface area contributed by atoms with Gasteiger partial charge in [-0.25, -0.2) is 4.98 Å². The van der Waals surface area contributed by atoms with Crippen molar-refractivity contribution in [3.8, 4) is 0 Å². The van der Waals surface area contributed by atoms with Gasteiger partial charge in [-0.1, -0.05) is 0 Å². The molecule has 0 spiro atoms. The summed E-state index contributed by atoms with van der Waals surface area (Å²) in [6, 6.07) is -0.423. The first-order valence-electron chi connectivity index (χ1n) is 4.24. The van der Waals surface area contributed by atoms with Crippen molar-refractivity contribution in [2.45, 2.75) is 12.2 Å². The zero-order chi connectivity index (χ0) is 11.6. The Bertz CT molecular complexity index is 321. The SMILES string of the molecule is CN(C)CC(N)c1cnc(C(F)(F)F)s1. The van der Waals surface area contributed by atoms with Crippen LogP contribution in [0, 0.1) is 0 Å². The highest BCUT2D eigenvalue weighted by Crippen LogP contribution is 2.33. The Balaban J connectivity index is 2.76. The summed E-state index contributed by atoms with van der Waals surface area (Å²) in [7, 11) is 3.62. The number of aromatic nitrogens is 1. The molecule has 0 fully saturated rings. The molecule has 1 atom stereocenters. The van der Waals surface area contributed by atoms with Crippen LogP contribution in [0.3, 0.4) is 0 Å². The quantitative estimate of drug-likeness (QED) is 0.873. The van der Waals surface area contributed by atoms with E-state index < -0.39 is 17.2 Å². The Labute approximate surface area is 89.7 Å². The molecule has 2 N–H and O–H groups in total. The first-order chi connectivity index (χ1) is 6.80. The van der Waals surface area contributed by atoms with Crippen LogP contribution in [-0.4, -0.2) is 30.5 Å². The van der Waals surface area contributed by atoms with Crippen LogP contribution in [0.1, 0.15) is 15.9 Å². The standard InChI is InChI=1S/C8H12F3N3S/c1-14(2)4-5(12)6-3-13-7(15-6)8(9,10)11/h3,5H,4,12H2,1-2H3. The summed E-state index contributed by atoms with van der Waals surface area (Å²) in [6.07, 6.45) is -3.18. The van der Waals surface area contributed by atoms with Gasteiger partial charge in [0.05, 0.1) is 6.04 Å². The Morgan fingerprint density at radius 1 is 1.53 bits per heavy atom. The summed E-state index contributed by atoms with van der Waals surface area (Å²) in [5.41, 5.74) is 5.71. The fourth-order valence-corrected chi connectivity index (χ4v) is 1.85. The van der Waals surface area contributed by atoms with Crippen molar-refractivity contribution in [2.75, 3.05) is 20.6 Å². The minimum atomic E-state index is -4.37. The first-order valence-corrected chi connectivity index (χ1v) is 5.05. The van der Waals surface area contributed by atoms with Gasteiger partial charge in [-0.3, -0.25) is 0 Å². The third kappa shape index (κ3) is 3.44. The lowest BCUT2D eigenvalue weighted by Crippen LogP contribution is -2.25. The first kappa shape index (κ1) is 12.4. The number of alkyl halides is 3. The summed E-state index contributed by atoms with van der Waals surface area (Å²) in [5, 5.41) is -0.841. The van der Waals surface area contributed by atoms with Crippen molar-refractivity contribution in [1.29, 1.82) is 0 Å². The number of nitrogens with zero attached hydrogens (tertiary/aromatic N) is 2. The molecule has 1 heterocycles. The highest BCUT2D eigenvalue weighted by atomic mass is 32.1. The lowest BCUT2D eigenvalue weighted by molar-refractivity contribution is -0.137. The van der Waals surface area contributed by atoms with Gasteiger partial charge in [0, 0.05) is 17.6 Å². The van der Waals surface area contributed by atoms with Gasteiger partial charge in [-0.05, 0) is 14.1 Å². The molecule has 0 saturated heterocycles. The van der Waals surface area contributed by atoms with Gasteiger partial charge < -0.3 is 10.6 Å². The van der Waals surface area contributed by atoms with Crippen LogP contribution < -0.4 is 5.73 Å². The van der Waals surface area contributed by atoms with E-state index in [0.29, 0.717) is 22.8 Å². The van der Waals surface area contributed by atoms with Crippen LogP contribution in [0.15, 0.2) is 6.20 Å². The Morgan fingerprint density at radius 2 is 2.13 bits per heavy atom. The Morgan fingerprint density at radius 3 is 2.53 bits per heavy atom. The van der Waals surface area contributed by atoms with Crippen LogP contribution in [0.5, 0.6) is 0 Å². The second-order valence-corrected chi connectivity index (χ2v) is 4.50. The van der Waals surface area contributed by atoms with Gasteiger partial charge in [0.2, 0.25) is 0 Å². The molecule has 1 aromatic rings. The zero-order valence-corrected chi connectivity index (χ0v) is 9.19. The second-order valence-electron chi connectivity index (χ2n) is 3.43. The van der Waals surface area contributed by atoms with Crippen LogP contribution in [0.4, 0.5) is 13.2 Å². The molecule has 15 heavy (non-hydrogen) atoms. The average molecular weight is 239 g/mol. The molecule has 0 saturated carbocycles. The van der Waals surface area contributed by atoms with Crippen molar-refractivity contribution in [2.24, 2.45) is 5.73 Å². The Kier molecular flexibility index (Phi) is 3.69. The van der Waals surface area contributed by atoms with Crippen LogP contribution in [0.25, 0.3) is 0 Å². The number of halogens is 3. The molecule has 0 aliphatic rings. The monoisotopic (exact) mass is 239 g/mol. The minimum Gasteiger partial charge on any atom is -0.322 e. The van der Waals surface area contributed by atoms with Gasteiger partial charge in [-0.15, -0.1) is 11.3 Å². The number of thiazole rings is 1. The largest absolute Gasteiger partial charge is 0.443 e. The molecule has 0 amide bonds. The molecule has 1 rings (SSSR count). The van der Waals surface area contributed by atoms with E-state index in [-0.39, 0.29) is 0 Å². The van der Waals surface area contributed by atoms with E-state index in [0.717, 1.165) is 0 Å². The number of likely N-dealkylation sites (N-methyl/N-ethyl adjacent to an activating group) is 1. The predicted octanol–water partition coefficient (Wildman–Crippen LogP) is 1.72. The summed E-state index contributed by atoms with van der Waals surface area (Å²) >= 11 is 0.602. The number of hydrogen-bond donors (Lipinski definition) is 1. The molecular formula is C8H12F3N3S. The van der Waals surface area contributed by atoms with E-state index in [2.05, 4.69) is 4.98 Å². The van der Waals surface area contributed by atoms with E-state index in [9.17, 15) is 13.2 Å². The van der Waals surface area contributed by atoms with E-state index in [1.54, 1.807) is 0 Å². The molecule has 0 aromatic carbocycles. The third-order valence-corrected chi connectivity index (χ3v) is 2.87. The smallest absolute Gasteiger partial charge is 0.322 e. The lowest BCUT2D eigenvalue weighted by atomic mass is 10.3. The molecule has 0 aliphatic heterocycles. The van der Waals surface area contributed by atoms with Crippen molar-refractivity contribution in [1.82, 2.24) is 9.88 Å². The summed E-state index contributed by atoms with van der Waals surface area (Å²) in [4.78, 5) is 5.58. The van der Waals surface area contributed by atoms with Gasteiger partial charge >= 0.3 is 6.18 Å². The molecule has 7 heteroatoms. The highest BCUT2D eigenvalue weighted by Gasteiger charge is 2.35. The molecule has 1 aromatic heterocycles. The molecule has 0 bridgehead atoms. The van der Waals surface area contributed by atoms with Crippen molar-refractivity contribution < 1.29 is 13.2 Å². The maximum absolute atomic E-state index is 12.2. The van der Waals surface area contributed by atoms with E-state index >= 15 is 0 Å². The van der Waals surface area contributed by atoms with Gasteiger partial charge in [0.1, 0.15) is 0 Å². The summed E-state index contributed by atoms with van der Waals surface area (Å²) in [6.45, 7) is 0.499. The summed E-state index contributed by atoms with van der Waals surface area (Å²) in [5.74, 6) is 0. The van der Waals surface area contributed by atoms with Crippen LogP contribution >= 0.6 is 11.3 Å². The maximum Gasteiger partial charge on any atom is 0.443 e. The van der Waals surface area contributed by atoms with Gasteiger partial charge in [0.25, 0.3) is 0 Å². The highest BCUT2D eigenvalue weighted by molar-refractivity contribution is 7.11. The fourth-order valence-electron chi connectivity index (χ4n) is 1.07. The minimum absolute atomic E-state index is 0.423. The molecule has 0 aliphatic carbocycles. The normalized spacial score (nSPS) is 14.6. The van der Waals surface area contributed by atoms with Crippen LogP contribution in [-0.2, 0) is 6.18 Å². The van der Waals surface area contributed by atoms with Crippen molar-refractivity contribution in [3.05, 3.63) is 16.1 Å². The topological polar surface area (TPSA) is 42.1 Å². The van der Waals surface area contributed by atoms with Crippen molar-refractivity contribution >= 4 is 11.3 Å². The lowest BCUT2D eigenvalue weighted by Gasteiger charge is -2.14. The fraction of sp³-hybridized carbons (Fsp3) is 0.625. The van der Waals surface area contributed by atoms with Gasteiger partial charge in [-0.2, -0.15) is 13.2 Å². The molecule has 0 radical (unpaired) electrons. The summed E-state index contributed by atoms with van der Waals surface area (Å²) < 4.78 is 36.7. The third-order valence-electron chi connectivity index (χ3n) is 1.69.